The number of hydrogen-bond acceptors (Lipinski definition) is 2. The molecule has 17 heavy (non-hydrogen) atoms. The van der Waals surface area contributed by atoms with E-state index in [4.69, 9.17) is 0 Å². The van der Waals surface area contributed by atoms with E-state index in [0.29, 0.717) is 18.9 Å². The van der Waals surface area contributed by atoms with Gasteiger partial charge in [0.2, 0.25) is 0 Å². The highest BCUT2D eigenvalue weighted by Gasteiger charge is 2.28. The lowest BCUT2D eigenvalue weighted by Crippen LogP contribution is -2.40. The minimum absolute atomic E-state index is 0.348. The van der Waals surface area contributed by atoms with Crippen molar-refractivity contribution in [1.82, 2.24) is 10.3 Å². The molecule has 0 spiro atoms. The van der Waals surface area contributed by atoms with Gasteiger partial charge in [0, 0.05) is 24.9 Å². The zero-order chi connectivity index (χ0) is 12.1. The first-order valence-corrected chi connectivity index (χ1v) is 6.47. The molecule has 1 aliphatic rings. The third kappa shape index (κ3) is 4.08. The van der Waals surface area contributed by atoms with Gasteiger partial charge in [0.25, 0.3) is 0 Å². The summed E-state index contributed by atoms with van der Waals surface area (Å²) in [6, 6.07) is 4.14. The second kappa shape index (κ2) is 5.58. The van der Waals surface area contributed by atoms with Crippen molar-refractivity contribution in [2.24, 2.45) is 0 Å². The number of aromatic nitrogens is 1. The molecule has 2 atom stereocenters. The Kier molecular flexibility index (Phi) is 4.11. The molecule has 94 valence electrons. The summed E-state index contributed by atoms with van der Waals surface area (Å²) in [5.74, 6) is 0. The topological polar surface area (TPSA) is 24.9 Å². The van der Waals surface area contributed by atoms with Crippen LogP contribution in [0, 0.1) is 0 Å². The molecule has 1 saturated heterocycles. The molecule has 0 aliphatic carbocycles. The molecule has 1 N–H and O–H groups in total. The molecule has 3 heteroatoms. The van der Waals surface area contributed by atoms with Gasteiger partial charge in [-0.3, -0.25) is 4.98 Å². The normalized spacial score (nSPS) is 24.2. The summed E-state index contributed by atoms with van der Waals surface area (Å²) in [6.45, 7) is 2.75. The quantitative estimate of drug-likeness (QED) is 0.869. The van der Waals surface area contributed by atoms with Crippen molar-refractivity contribution < 1.29 is 4.39 Å². The van der Waals surface area contributed by atoms with Crippen molar-refractivity contribution in [3.05, 3.63) is 30.1 Å². The first-order valence-electron chi connectivity index (χ1n) is 6.47. The zero-order valence-electron chi connectivity index (χ0n) is 10.5. The number of rotatable bonds is 4. The van der Waals surface area contributed by atoms with E-state index in [1.165, 1.54) is 12.8 Å². The van der Waals surface area contributed by atoms with Gasteiger partial charge in [-0.1, -0.05) is 6.42 Å². The Labute approximate surface area is 103 Å². The minimum atomic E-state index is -1.13. The van der Waals surface area contributed by atoms with Gasteiger partial charge in [0.15, 0.2) is 0 Å². The summed E-state index contributed by atoms with van der Waals surface area (Å²) in [5, 5.41) is 3.41. The average molecular weight is 236 g/mol. The molecule has 0 aromatic carbocycles. The SMILES string of the molecule is CC(F)(Cc1ccncc1)CC1CCCCN1. The molecule has 2 nitrogen and oxygen atoms in total. The minimum Gasteiger partial charge on any atom is -0.314 e. The average Bonchev–Trinajstić information content (AvgIpc) is 2.30. The molecule has 2 rings (SSSR count). The summed E-state index contributed by atoms with van der Waals surface area (Å²) in [4.78, 5) is 3.96. The van der Waals surface area contributed by atoms with Crippen LogP contribution in [0.3, 0.4) is 0 Å². The predicted molar refractivity (Wildman–Crippen MR) is 67.7 cm³/mol. The van der Waals surface area contributed by atoms with E-state index in [-0.39, 0.29) is 0 Å². The zero-order valence-corrected chi connectivity index (χ0v) is 10.5. The number of piperidine rings is 1. The fourth-order valence-electron chi connectivity index (χ4n) is 2.61. The monoisotopic (exact) mass is 236 g/mol. The molecule has 0 amide bonds. The van der Waals surface area contributed by atoms with Crippen LogP contribution in [0.5, 0.6) is 0 Å². The van der Waals surface area contributed by atoms with Crippen LogP contribution in [0.25, 0.3) is 0 Å². The molecule has 2 unspecified atom stereocenters. The number of halogens is 1. The Balaban J connectivity index is 1.89. The van der Waals surface area contributed by atoms with Crippen molar-refractivity contribution in [3.8, 4) is 0 Å². The van der Waals surface area contributed by atoms with Gasteiger partial charge < -0.3 is 5.32 Å². The number of alkyl halides is 1. The summed E-state index contributed by atoms with van der Waals surface area (Å²) >= 11 is 0. The van der Waals surface area contributed by atoms with E-state index >= 15 is 0 Å². The lowest BCUT2D eigenvalue weighted by Gasteiger charge is -2.30. The van der Waals surface area contributed by atoms with Crippen molar-refractivity contribution in [2.45, 2.75) is 50.7 Å². The third-order valence-electron chi connectivity index (χ3n) is 3.41. The van der Waals surface area contributed by atoms with Crippen molar-refractivity contribution >= 4 is 0 Å². The van der Waals surface area contributed by atoms with Crippen molar-refractivity contribution in [1.29, 1.82) is 0 Å². The molecule has 0 radical (unpaired) electrons. The van der Waals surface area contributed by atoms with E-state index in [2.05, 4.69) is 10.3 Å². The van der Waals surface area contributed by atoms with E-state index in [9.17, 15) is 4.39 Å². The third-order valence-corrected chi connectivity index (χ3v) is 3.41. The summed E-state index contributed by atoms with van der Waals surface area (Å²) < 4.78 is 14.5. The standard InChI is InChI=1S/C14H21FN2/c1-14(15,10-12-5-8-16-9-6-12)11-13-4-2-3-7-17-13/h5-6,8-9,13,17H,2-4,7,10-11H2,1H3. The molecule has 2 heterocycles. The van der Waals surface area contributed by atoms with Gasteiger partial charge >= 0.3 is 0 Å². The molecule has 1 aliphatic heterocycles. The Bertz CT molecular complexity index is 331. The van der Waals surface area contributed by atoms with Gasteiger partial charge in [0.1, 0.15) is 5.67 Å². The molecule has 0 bridgehead atoms. The number of hydrogen-bond donors (Lipinski definition) is 1. The molecule has 0 saturated carbocycles. The molecule has 1 aromatic heterocycles. The highest BCUT2D eigenvalue weighted by molar-refractivity contribution is 5.12. The van der Waals surface area contributed by atoms with Crippen LogP contribution in [-0.2, 0) is 6.42 Å². The van der Waals surface area contributed by atoms with Gasteiger partial charge in [-0.15, -0.1) is 0 Å². The molecular formula is C14H21FN2. The molecule has 1 aromatic rings. The summed E-state index contributed by atoms with van der Waals surface area (Å²) in [5.41, 5.74) is -0.100. The summed E-state index contributed by atoms with van der Waals surface area (Å²) in [7, 11) is 0. The Morgan fingerprint density at radius 2 is 2.18 bits per heavy atom. The largest absolute Gasteiger partial charge is 0.314 e. The second-order valence-electron chi connectivity index (χ2n) is 5.30. The Hall–Kier alpha value is -0.960. The Morgan fingerprint density at radius 3 is 2.82 bits per heavy atom. The van der Waals surface area contributed by atoms with Gasteiger partial charge in [-0.25, -0.2) is 4.39 Å². The fraction of sp³-hybridized carbons (Fsp3) is 0.643. The molecule has 1 fully saturated rings. The van der Waals surface area contributed by atoms with Crippen LogP contribution in [0.2, 0.25) is 0 Å². The first-order chi connectivity index (χ1) is 8.16. The highest BCUT2D eigenvalue weighted by Crippen LogP contribution is 2.25. The van der Waals surface area contributed by atoms with E-state index < -0.39 is 5.67 Å². The maximum atomic E-state index is 14.5. The lowest BCUT2D eigenvalue weighted by molar-refractivity contribution is 0.146. The van der Waals surface area contributed by atoms with Crippen LogP contribution in [0.1, 0.15) is 38.2 Å². The van der Waals surface area contributed by atoms with Crippen LogP contribution >= 0.6 is 0 Å². The van der Waals surface area contributed by atoms with Crippen LogP contribution < -0.4 is 5.32 Å². The number of pyridine rings is 1. The maximum absolute atomic E-state index is 14.5. The highest BCUT2D eigenvalue weighted by atomic mass is 19.1. The molecular weight excluding hydrogens is 215 g/mol. The number of nitrogens with one attached hydrogen (secondary N) is 1. The van der Waals surface area contributed by atoms with E-state index in [0.717, 1.165) is 18.5 Å². The van der Waals surface area contributed by atoms with E-state index in [1.54, 1.807) is 19.3 Å². The fourth-order valence-corrected chi connectivity index (χ4v) is 2.61. The van der Waals surface area contributed by atoms with Crippen LogP contribution in [0.15, 0.2) is 24.5 Å². The van der Waals surface area contributed by atoms with Crippen molar-refractivity contribution in [2.75, 3.05) is 6.54 Å². The lowest BCUT2D eigenvalue weighted by atomic mass is 9.88. The van der Waals surface area contributed by atoms with Gasteiger partial charge in [0.05, 0.1) is 0 Å². The second-order valence-corrected chi connectivity index (χ2v) is 5.30. The van der Waals surface area contributed by atoms with Crippen LogP contribution in [-0.4, -0.2) is 23.2 Å². The van der Waals surface area contributed by atoms with E-state index in [1.807, 2.05) is 12.1 Å². The van der Waals surface area contributed by atoms with Gasteiger partial charge in [-0.05, 0) is 50.4 Å². The number of nitrogens with zero attached hydrogens (tertiary/aromatic N) is 1. The smallest absolute Gasteiger partial charge is 0.113 e. The maximum Gasteiger partial charge on any atom is 0.113 e. The predicted octanol–water partition coefficient (Wildman–Crippen LogP) is 2.88. The first kappa shape index (κ1) is 12.5. The van der Waals surface area contributed by atoms with Crippen LogP contribution in [0.4, 0.5) is 4.39 Å². The van der Waals surface area contributed by atoms with Gasteiger partial charge in [-0.2, -0.15) is 0 Å². The van der Waals surface area contributed by atoms with Crippen molar-refractivity contribution in [3.63, 3.8) is 0 Å². The summed E-state index contributed by atoms with van der Waals surface area (Å²) in [6.07, 6.45) is 8.10. The Morgan fingerprint density at radius 1 is 1.41 bits per heavy atom.